The van der Waals surface area contributed by atoms with E-state index < -0.39 is 0 Å². The van der Waals surface area contributed by atoms with Gasteiger partial charge in [0.25, 0.3) is 0 Å². The zero-order valence-corrected chi connectivity index (χ0v) is 7.45. The van der Waals surface area contributed by atoms with Crippen LogP contribution in [0.1, 0.15) is 12.1 Å². The Balaban J connectivity index is 2.45. The fourth-order valence-corrected chi connectivity index (χ4v) is 0.885. The SMILES string of the molecule is Cc1nccnc1NCCC(N)=O. The van der Waals surface area contributed by atoms with Crippen molar-refractivity contribution in [3.05, 3.63) is 18.1 Å². The average Bonchev–Trinajstić information content (AvgIpc) is 2.08. The number of nitrogens with zero attached hydrogens (tertiary/aromatic N) is 2. The van der Waals surface area contributed by atoms with Crippen LogP contribution in [0.5, 0.6) is 0 Å². The van der Waals surface area contributed by atoms with Crippen LogP contribution in [-0.4, -0.2) is 22.4 Å². The van der Waals surface area contributed by atoms with Crippen LogP contribution in [0.3, 0.4) is 0 Å². The molecule has 3 N–H and O–H groups in total. The predicted molar refractivity (Wildman–Crippen MR) is 49.1 cm³/mol. The summed E-state index contributed by atoms with van der Waals surface area (Å²) < 4.78 is 0. The Hall–Kier alpha value is -1.65. The molecule has 0 aromatic carbocycles. The molecule has 0 bridgehead atoms. The third kappa shape index (κ3) is 3.06. The average molecular weight is 180 g/mol. The second kappa shape index (κ2) is 4.39. The molecule has 0 fully saturated rings. The standard InChI is InChI=1S/C8H12N4O/c1-6-8(12-5-4-10-6)11-3-2-7(9)13/h4-5H,2-3H2,1H3,(H2,9,13)(H,11,12). The number of amides is 1. The number of nitrogens with one attached hydrogen (secondary N) is 1. The summed E-state index contributed by atoms with van der Waals surface area (Å²) >= 11 is 0. The lowest BCUT2D eigenvalue weighted by Gasteiger charge is -2.04. The summed E-state index contributed by atoms with van der Waals surface area (Å²) in [5, 5.41) is 2.97. The summed E-state index contributed by atoms with van der Waals surface area (Å²) in [6.07, 6.45) is 3.52. The molecular formula is C8H12N4O. The molecule has 5 nitrogen and oxygen atoms in total. The van der Waals surface area contributed by atoms with Crippen LogP contribution in [0.25, 0.3) is 0 Å². The highest BCUT2D eigenvalue weighted by molar-refractivity contribution is 5.74. The molecule has 1 heterocycles. The topological polar surface area (TPSA) is 80.9 Å². The molecule has 0 saturated heterocycles. The highest BCUT2D eigenvalue weighted by Crippen LogP contribution is 2.04. The van der Waals surface area contributed by atoms with E-state index in [4.69, 9.17) is 5.73 Å². The number of aryl methyl sites for hydroxylation is 1. The normalized spacial score (nSPS) is 9.62. The summed E-state index contributed by atoms with van der Waals surface area (Å²) in [7, 11) is 0. The van der Waals surface area contributed by atoms with Crippen LogP contribution in [0.4, 0.5) is 5.82 Å². The van der Waals surface area contributed by atoms with Crippen molar-refractivity contribution in [3.63, 3.8) is 0 Å². The van der Waals surface area contributed by atoms with Crippen LogP contribution in [0, 0.1) is 6.92 Å². The third-order valence-electron chi connectivity index (χ3n) is 1.55. The molecule has 13 heavy (non-hydrogen) atoms. The van der Waals surface area contributed by atoms with Gasteiger partial charge in [0, 0.05) is 25.4 Å². The molecule has 0 aliphatic heterocycles. The van der Waals surface area contributed by atoms with E-state index in [1.807, 2.05) is 6.92 Å². The van der Waals surface area contributed by atoms with Gasteiger partial charge in [0.05, 0.1) is 5.69 Å². The fourth-order valence-electron chi connectivity index (χ4n) is 0.885. The monoisotopic (exact) mass is 180 g/mol. The maximum absolute atomic E-state index is 10.4. The number of rotatable bonds is 4. The lowest BCUT2D eigenvalue weighted by Crippen LogP contribution is -2.16. The van der Waals surface area contributed by atoms with E-state index in [0.717, 1.165) is 5.69 Å². The van der Waals surface area contributed by atoms with Crippen LogP contribution in [0.15, 0.2) is 12.4 Å². The van der Waals surface area contributed by atoms with Crippen molar-refractivity contribution in [1.29, 1.82) is 0 Å². The lowest BCUT2D eigenvalue weighted by molar-refractivity contribution is -0.117. The molecule has 0 aliphatic rings. The molecule has 1 rings (SSSR count). The first-order valence-corrected chi connectivity index (χ1v) is 4.00. The van der Waals surface area contributed by atoms with E-state index in [2.05, 4.69) is 15.3 Å². The minimum atomic E-state index is -0.325. The summed E-state index contributed by atoms with van der Waals surface area (Å²) in [6.45, 7) is 2.34. The second-order valence-corrected chi connectivity index (χ2v) is 2.63. The number of carbonyl (C=O) groups is 1. The van der Waals surface area contributed by atoms with Gasteiger partial charge in [-0.25, -0.2) is 4.98 Å². The Labute approximate surface area is 76.4 Å². The van der Waals surface area contributed by atoms with E-state index in [9.17, 15) is 4.79 Å². The third-order valence-corrected chi connectivity index (χ3v) is 1.55. The zero-order chi connectivity index (χ0) is 9.68. The van der Waals surface area contributed by atoms with Crippen molar-refractivity contribution >= 4 is 11.7 Å². The van der Waals surface area contributed by atoms with E-state index in [-0.39, 0.29) is 5.91 Å². The van der Waals surface area contributed by atoms with Gasteiger partial charge in [-0.3, -0.25) is 9.78 Å². The second-order valence-electron chi connectivity index (χ2n) is 2.63. The van der Waals surface area contributed by atoms with Gasteiger partial charge in [0.2, 0.25) is 5.91 Å². The molecule has 0 atom stereocenters. The van der Waals surface area contributed by atoms with Gasteiger partial charge < -0.3 is 11.1 Å². The van der Waals surface area contributed by atoms with Gasteiger partial charge in [-0.1, -0.05) is 0 Å². The van der Waals surface area contributed by atoms with Gasteiger partial charge in [-0.2, -0.15) is 0 Å². The van der Waals surface area contributed by atoms with Gasteiger partial charge in [-0.05, 0) is 6.92 Å². The van der Waals surface area contributed by atoms with Crippen molar-refractivity contribution in [2.24, 2.45) is 5.73 Å². The highest BCUT2D eigenvalue weighted by Gasteiger charge is 1.99. The molecule has 0 spiro atoms. The summed E-state index contributed by atoms with van der Waals surface area (Å²) in [5.74, 6) is 0.373. The van der Waals surface area contributed by atoms with Crippen molar-refractivity contribution in [2.45, 2.75) is 13.3 Å². The first-order valence-electron chi connectivity index (χ1n) is 4.00. The van der Waals surface area contributed by atoms with Crippen molar-refractivity contribution in [2.75, 3.05) is 11.9 Å². The zero-order valence-electron chi connectivity index (χ0n) is 7.45. The minimum Gasteiger partial charge on any atom is -0.370 e. The van der Waals surface area contributed by atoms with Crippen LogP contribution >= 0.6 is 0 Å². The Morgan fingerprint density at radius 1 is 1.54 bits per heavy atom. The first kappa shape index (κ1) is 9.44. The molecule has 1 aromatic rings. The van der Waals surface area contributed by atoms with Crippen LogP contribution in [0.2, 0.25) is 0 Å². The molecule has 0 radical (unpaired) electrons. The number of aromatic nitrogens is 2. The first-order chi connectivity index (χ1) is 6.20. The molecular weight excluding hydrogens is 168 g/mol. The lowest BCUT2D eigenvalue weighted by atomic mass is 10.4. The highest BCUT2D eigenvalue weighted by atomic mass is 16.1. The Kier molecular flexibility index (Phi) is 3.19. The maximum Gasteiger partial charge on any atom is 0.219 e. The molecule has 5 heteroatoms. The number of hydrogen-bond acceptors (Lipinski definition) is 4. The largest absolute Gasteiger partial charge is 0.370 e. The van der Waals surface area contributed by atoms with Crippen molar-refractivity contribution in [1.82, 2.24) is 9.97 Å². The summed E-state index contributed by atoms with van der Waals surface area (Å²) in [5.41, 5.74) is 5.79. The Bertz CT molecular complexity index is 300. The number of hydrogen-bond donors (Lipinski definition) is 2. The van der Waals surface area contributed by atoms with E-state index >= 15 is 0 Å². The fraction of sp³-hybridized carbons (Fsp3) is 0.375. The van der Waals surface area contributed by atoms with Crippen LogP contribution in [-0.2, 0) is 4.79 Å². The van der Waals surface area contributed by atoms with Gasteiger partial charge in [-0.15, -0.1) is 0 Å². The van der Waals surface area contributed by atoms with E-state index in [1.54, 1.807) is 12.4 Å². The minimum absolute atomic E-state index is 0.302. The van der Waals surface area contributed by atoms with E-state index in [1.165, 1.54) is 0 Å². The van der Waals surface area contributed by atoms with E-state index in [0.29, 0.717) is 18.8 Å². The molecule has 1 aromatic heterocycles. The van der Waals surface area contributed by atoms with Crippen LogP contribution < -0.4 is 11.1 Å². The summed E-state index contributed by atoms with van der Waals surface area (Å²) in [4.78, 5) is 18.5. The van der Waals surface area contributed by atoms with Gasteiger partial charge >= 0.3 is 0 Å². The Morgan fingerprint density at radius 2 is 2.23 bits per heavy atom. The molecule has 0 unspecified atom stereocenters. The Morgan fingerprint density at radius 3 is 2.85 bits per heavy atom. The summed E-state index contributed by atoms with van der Waals surface area (Å²) in [6, 6.07) is 0. The molecule has 70 valence electrons. The number of anilines is 1. The molecule has 1 amide bonds. The quantitative estimate of drug-likeness (QED) is 0.687. The number of nitrogens with two attached hydrogens (primary N) is 1. The molecule has 0 saturated carbocycles. The number of primary amides is 1. The maximum atomic E-state index is 10.4. The predicted octanol–water partition coefficient (Wildman–Crippen LogP) is 0.0723. The smallest absolute Gasteiger partial charge is 0.219 e. The van der Waals surface area contributed by atoms with Crippen molar-refractivity contribution in [3.8, 4) is 0 Å². The van der Waals surface area contributed by atoms with Crippen molar-refractivity contribution < 1.29 is 4.79 Å². The van der Waals surface area contributed by atoms with Gasteiger partial charge in [0.15, 0.2) is 0 Å². The van der Waals surface area contributed by atoms with Gasteiger partial charge in [0.1, 0.15) is 5.82 Å². The number of carbonyl (C=O) groups excluding carboxylic acids is 1. The molecule has 0 aliphatic carbocycles.